The van der Waals surface area contributed by atoms with Crippen molar-refractivity contribution in [1.82, 2.24) is 14.6 Å². The lowest BCUT2D eigenvalue weighted by atomic mass is 10.3. The van der Waals surface area contributed by atoms with Crippen molar-refractivity contribution in [3.63, 3.8) is 0 Å². The lowest BCUT2D eigenvalue weighted by Crippen LogP contribution is -2.03. The number of aromatic nitrogens is 3. The standard InChI is InChI=1S/C8H7N3O2/c1-5-2-3-11-6(4-5)9-10-7(11)8(12)13/h2-4H,1H3,(H,12,13). The van der Waals surface area contributed by atoms with Crippen molar-refractivity contribution in [3.8, 4) is 0 Å². The first-order valence-electron chi connectivity index (χ1n) is 3.73. The molecule has 0 amide bonds. The van der Waals surface area contributed by atoms with Crippen molar-refractivity contribution < 1.29 is 9.90 Å². The van der Waals surface area contributed by atoms with Crippen molar-refractivity contribution in [3.05, 3.63) is 29.7 Å². The molecule has 0 bridgehead atoms. The molecule has 2 heterocycles. The Morgan fingerprint density at radius 2 is 2.31 bits per heavy atom. The average molecular weight is 177 g/mol. The minimum absolute atomic E-state index is 0.0602. The fourth-order valence-corrected chi connectivity index (χ4v) is 1.14. The summed E-state index contributed by atoms with van der Waals surface area (Å²) in [5.41, 5.74) is 1.58. The Morgan fingerprint density at radius 1 is 1.54 bits per heavy atom. The summed E-state index contributed by atoms with van der Waals surface area (Å²) in [5, 5.41) is 16.0. The van der Waals surface area contributed by atoms with E-state index >= 15 is 0 Å². The molecule has 0 fully saturated rings. The molecule has 0 saturated carbocycles. The van der Waals surface area contributed by atoms with Crippen LogP contribution in [0.15, 0.2) is 18.3 Å². The van der Waals surface area contributed by atoms with Crippen LogP contribution in [0.2, 0.25) is 0 Å². The minimum atomic E-state index is -1.07. The summed E-state index contributed by atoms with van der Waals surface area (Å²) < 4.78 is 1.44. The molecule has 2 aromatic rings. The van der Waals surface area contributed by atoms with E-state index in [1.165, 1.54) is 4.40 Å². The fraction of sp³-hybridized carbons (Fsp3) is 0.125. The lowest BCUT2D eigenvalue weighted by molar-refractivity contribution is 0.0682. The molecule has 5 heteroatoms. The van der Waals surface area contributed by atoms with Gasteiger partial charge in [0, 0.05) is 6.20 Å². The largest absolute Gasteiger partial charge is 0.475 e. The molecular formula is C8H7N3O2. The van der Waals surface area contributed by atoms with Gasteiger partial charge in [0.25, 0.3) is 0 Å². The van der Waals surface area contributed by atoms with Crippen LogP contribution in [-0.4, -0.2) is 25.7 Å². The molecule has 0 atom stereocenters. The van der Waals surface area contributed by atoms with Gasteiger partial charge < -0.3 is 5.11 Å². The van der Waals surface area contributed by atoms with E-state index in [4.69, 9.17) is 5.11 Å². The summed E-state index contributed by atoms with van der Waals surface area (Å²) in [5.74, 6) is -1.13. The van der Waals surface area contributed by atoms with Gasteiger partial charge in [-0.05, 0) is 24.6 Å². The highest BCUT2D eigenvalue weighted by atomic mass is 16.4. The van der Waals surface area contributed by atoms with Crippen molar-refractivity contribution in [2.75, 3.05) is 0 Å². The Bertz CT molecular complexity index is 475. The summed E-state index contributed by atoms with van der Waals surface area (Å²) in [6, 6.07) is 3.59. The SMILES string of the molecule is Cc1ccn2c(C(=O)O)nnc2c1. The number of hydrogen-bond acceptors (Lipinski definition) is 3. The molecular weight excluding hydrogens is 170 g/mol. The number of hydrogen-bond donors (Lipinski definition) is 1. The molecule has 0 radical (unpaired) electrons. The first-order valence-corrected chi connectivity index (χ1v) is 3.73. The van der Waals surface area contributed by atoms with Crippen LogP contribution in [0.4, 0.5) is 0 Å². The van der Waals surface area contributed by atoms with E-state index in [2.05, 4.69) is 10.2 Å². The molecule has 0 unspecified atom stereocenters. The summed E-state index contributed by atoms with van der Waals surface area (Å²) >= 11 is 0. The van der Waals surface area contributed by atoms with Gasteiger partial charge in [-0.1, -0.05) is 0 Å². The number of nitrogens with zero attached hydrogens (tertiary/aromatic N) is 3. The number of carbonyl (C=O) groups is 1. The first kappa shape index (κ1) is 7.72. The highest BCUT2D eigenvalue weighted by Crippen LogP contribution is 2.05. The second kappa shape index (κ2) is 2.55. The van der Waals surface area contributed by atoms with Crippen LogP contribution in [0.25, 0.3) is 5.65 Å². The van der Waals surface area contributed by atoms with Gasteiger partial charge in [0.15, 0.2) is 5.65 Å². The Kier molecular flexibility index (Phi) is 1.51. The molecule has 0 aliphatic heterocycles. The van der Waals surface area contributed by atoms with Crippen molar-refractivity contribution in [2.24, 2.45) is 0 Å². The number of carboxylic acids is 1. The van der Waals surface area contributed by atoms with Crippen LogP contribution in [0.1, 0.15) is 16.2 Å². The third-order valence-corrected chi connectivity index (χ3v) is 1.76. The Morgan fingerprint density at radius 3 is 3.00 bits per heavy atom. The van der Waals surface area contributed by atoms with Crippen molar-refractivity contribution in [1.29, 1.82) is 0 Å². The minimum Gasteiger partial charge on any atom is -0.475 e. The lowest BCUT2D eigenvalue weighted by Gasteiger charge is -1.94. The highest BCUT2D eigenvalue weighted by molar-refractivity contribution is 5.84. The van der Waals surface area contributed by atoms with Crippen LogP contribution < -0.4 is 0 Å². The zero-order valence-electron chi connectivity index (χ0n) is 6.93. The Labute approximate surface area is 73.6 Å². The molecule has 66 valence electrons. The molecule has 0 aromatic carbocycles. The van der Waals surface area contributed by atoms with Gasteiger partial charge in [-0.25, -0.2) is 4.79 Å². The van der Waals surface area contributed by atoms with Crippen LogP contribution in [0.3, 0.4) is 0 Å². The maximum atomic E-state index is 10.6. The molecule has 13 heavy (non-hydrogen) atoms. The first-order chi connectivity index (χ1) is 6.18. The number of pyridine rings is 1. The van der Waals surface area contributed by atoms with E-state index in [0.29, 0.717) is 5.65 Å². The van der Waals surface area contributed by atoms with Crippen LogP contribution in [0.5, 0.6) is 0 Å². The quantitative estimate of drug-likeness (QED) is 0.697. The van der Waals surface area contributed by atoms with E-state index in [1.54, 1.807) is 12.3 Å². The van der Waals surface area contributed by atoms with Gasteiger partial charge in [-0.2, -0.15) is 0 Å². The van der Waals surface area contributed by atoms with Gasteiger partial charge in [0.2, 0.25) is 5.82 Å². The topological polar surface area (TPSA) is 67.5 Å². The third-order valence-electron chi connectivity index (χ3n) is 1.76. The van der Waals surface area contributed by atoms with Gasteiger partial charge in [-0.15, -0.1) is 10.2 Å². The number of carboxylic acid groups (broad SMARTS) is 1. The van der Waals surface area contributed by atoms with E-state index in [-0.39, 0.29) is 5.82 Å². The molecule has 0 spiro atoms. The molecule has 0 aliphatic rings. The van der Waals surface area contributed by atoms with Crippen molar-refractivity contribution in [2.45, 2.75) is 6.92 Å². The Hall–Kier alpha value is -1.91. The summed E-state index contributed by atoms with van der Waals surface area (Å²) in [7, 11) is 0. The second-order valence-electron chi connectivity index (χ2n) is 2.76. The maximum absolute atomic E-state index is 10.6. The normalized spacial score (nSPS) is 10.5. The second-order valence-corrected chi connectivity index (χ2v) is 2.76. The zero-order valence-corrected chi connectivity index (χ0v) is 6.93. The van der Waals surface area contributed by atoms with Crippen molar-refractivity contribution >= 4 is 11.6 Å². The smallest absolute Gasteiger partial charge is 0.374 e. The van der Waals surface area contributed by atoms with E-state index in [1.807, 2.05) is 13.0 Å². The average Bonchev–Trinajstić information content (AvgIpc) is 2.46. The van der Waals surface area contributed by atoms with Gasteiger partial charge >= 0.3 is 5.97 Å². The summed E-state index contributed by atoms with van der Waals surface area (Å²) in [6.45, 7) is 1.91. The molecule has 0 aliphatic carbocycles. The van der Waals surface area contributed by atoms with Gasteiger partial charge in [0.05, 0.1) is 0 Å². The molecule has 0 saturated heterocycles. The zero-order chi connectivity index (χ0) is 9.42. The van der Waals surface area contributed by atoms with Gasteiger partial charge in [-0.3, -0.25) is 4.40 Å². The van der Waals surface area contributed by atoms with Crippen LogP contribution in [-0.2, 0) is 0 Å². The van der Waals surface area contributed by atoms with E-state index in [9.17, 15) is 4.79 Å². The van der Waals surface area contributed by atoms with Gasteiger partial charge in [0.1, 0.15) is 0 Å². The number of rotatable bonds is 1. The predicted octanol–water partition coefficient (Wildman–Crippen LogP) is 0.736. The monoisotopic (exact) mass is 177 g/mol. The van der Waals surface area contributed by atoms with E-state index in [0.717, 1.165) is 5.56 Å². The highest BCUT2D eigenvalue weighted by Gasteiger charge is 2.11. The number of fused-ring (bicyclic) bond motifs is 1. The number of aromatic carboxylic acids is 1. The van der Waals surface area contributed by atoms with Crippen LogP contribution >= 0.6 is 0 Å². The maximum Gasteiger partial charge on any atom is 0.374 e. The number of aryl methyl sites for hydroxylation is 1. The molecule has 2 aromatic heterocycles. The molecule has 2 rings (SSSR count). The third kappa shape index (κ3) is 1.14. The van der Waals surface area contributed by atoms with Crippen LogP contribution in [0, 0.1) is 6.92 Å². The fourth-order valence-electron chi connectivity index (χ4n) is 1.14. The Balaban J connectivity index is 2.76. The molecule has 1 N–H and O–H groups in total. The summed E-state index contributed by atoms with van der Waals surface area (Å²) in [6.07, 6.45) is 1.65. The summed E-state index contributed by atoms with van der Waals surface area (Å²) in [4.78, 5) is 10.6. The predicted molar refractivity (Wildman–Crippen MR) is 44.7 cm³/mol. The molecule has 5 nitrogen and oxygen atoms in total. The van der Waals surface area contributed by atoms with E-state index < -0.39 is 5.97 Å².